The van der Waals surface area contributed by atoms with Gasteiger partial charge in [0.25, 0.3) is 0 Å². The van der Waals surface area contributed by atoms with E-state index in [1.165, 1.54) is 22.3 Å². The first kappa shape index (κ1) is 18.6. The van der Waals surface area contributed by atoms with Gasteiger partial charge in [0.05, 0.1) is 6.61 Å². The molecule has 2 nitrogen and oxygen atoms in total. The van der Waals surface area contributed by atoms with Gasteiger partial charge in [0.15, 0.2) is 0 Å². The Labute approximate surface area is 164 Å². The maximum absolute atomic E-state index is 9.79. The topological polar surface area (TPSA) is 23.5 Å². The van der Waals surface area contributed by atoms with E-state index in [0.717, 1.165) is 13.0 Å². The smallest absolute Gasteiger partial charge is 0.0586 e. The summed E-state index contributed by atoms with van der Waals surface area (Å²) in [6.45, 7) is 3.70. The molecule has 1 aliphatic carbocycles. The molecule has 1 heterocycles. The molecule has 140 valence electrons. The fraction of sp³-hybridized carbons (Fsp3) is 0.333. The number of aliphatic hydroxyl groups excluding tert-OH is 1. The number of nitrogens with zero attached hydrogens (tertiary/aromatic N) is 1. The van der Waals surface area contributed by atoms with Crippen LogP contribution in [0.5, 0.6) is 0 Å². The Balaban J connectivity index is 1.68. The highest BCUT2D eigenvalue weighted by atomic mass is 31.1. The van der Waals surface area contributed by atoms with Crippen LogP contribution in [0, 0.1) is 5.92 Å². The molecule has 0 amide bonds. The van der Waals surface area contributed by atoms with Crippen molar-refractivity contribution in [2.24, 2.45) is 5.92 Å². The van der Waals surface area contributed by atoms with Gasteiger partial charge in [-0.05, 0) is 50.2 Å². The Morgan fingerprint density at radius 1 is 1.04 bits per heavy atom. The Morgan fingerprint density at radius 2 is 1.67 bits per heavy atom. The van der Waals surface area contributed by atoms with Gasteiger partial charge in [0.2, 0.25) is 0 Å². The van der Waals surface area contributed by atoms with Crippen LogP contribution in [0.2, 0.25) is 0 Å². The van der Waals surface area contributed by atoms with Gasteiger partial charge in [0.1, 0.15) is 0 Å². The predicted octanol–water partition coefficient (Wildman–Crippen LogP) is 4.03. The monoisotopic (exact) mass is 377 g/mol. The Kier molecular flexibility index (Phi) is 5.88. The Hall–Kier alpha value is -1.73. The molecular weight excluding hydrogens is 349 g/mol. The minimum Gasteiger partial charge on any atom is -0.395 e. The first-order chi connectivity index (χ1) is 13.3. The lowest BCUT2D eigenvalue weighted by molar-refractivity contribution is 0.115. The van der Waals surface area contributed by atoms with E-state index in [1.807, 2.05) is 0 Å². The van der Waals surface area contributed by atoms with Gasteiger partial charge >= 0.3 is 0 Å². The SMILES string of the molecule is C[C@H](C1C=CC=C1P(c1ccccc1)c1ccccc1)N1CCC[C@H]1CO. The van der Waals surface area contributed by atoms with E-state index in [-0.39, 0.29) is 6.61 Å². The number of hydrogen-bond donors (Lipinski definition) is 1. The molecule has 1 unspecified atom stereocenters. The average Bonchev–Trinajstić information content (AvgIpc) is 3.39. The van der Waals surface area contributed by atoms with Crippen LogP contribution in [-0.4, -0.2) is 35.2 Å². The molecule has 0 bridgehead atoms. The molecule has 2 aliphatic rings. The number of rotatable bonds is 6. The lowest BCUT2D eigenvalue weighted by atomic mass is 10.0. The lowest BCUT2D eigenvalue weighted by Crippen LogP contribution is -2.43. The molecule has 3 heteroatoms. The summed E-state index contributed by atoms with van der Waals surface area (Å²) >= 11 is 0. The van der Waals surface area contributed by atoms with Crippen molar-refractivity contribution >= 4 is 18.5 Å². The molecule has 2 aromatic carbocycles. The first-order valence-corrected chi connectivity index (χ1v) is 11.3. The largest absolute Gasteiger partial charge is 0.395 e. The summed E-state index contributed by atoms with van der Waals surface area (Å²) in [6.07, 6.45) is 9.26. The fourth-order valence-electron chi connectivity index (χ4n) is 4.51. The molecule has 1 saturated heterocycles. The van der Waals surface area contributed by atoms with Crippen molar-refractivity contribution in [3.05, 3.63) is 84.2 Å². The van der Waals surface area contributed by atoms with Crippen LogP contribution < -0.4 is 10.6 Å². The van der Waals surface area contributed by atoms with Gasteiger partial charge in [-0.1, -0.05) is 78.9 Å². The third kappa shape index (κ3) is 3.80. The van der Waals surface area contributed by atoms with Crippen LogP contribution >= 0.6 is 7.92 Å². The summed E-state index contributed by atoms with van der Waals surface area (Å²) in [6, 6.07) is 22.6. The Bertz CT molecular complexity index is 762. The molecule has 1 fully saturated rings. The zero-order valence-corrected chi connectivity index (χ0v) is 16.8. The number of allylic oxidation sites excluding steroid dienone is 2. The van der Waals surface area contributed by atoms with Gasteiger partial charge < -0.3 is 5.11 Å². The van der Waals surface area contributed by atoms with E-state index in [2.05, 4.69) is 90.7 Å². The van der Waals surface area contributed by atoms with E-state index in [4.69, 9.17) is 0 Å². The lowest BCUT2D eigenvalue weighted by Gasteiger charge is -2.36. The fourth-order valence-corrected chi connectivity index (χ4v) is 7.18. The molecule has 1 N–H and O–H groups in total. The zero-order chi connectivity index (χ0) is 18.6. The third-order valence-corrected chi connectivity index (χ3v) is 8.48. The van der Waals surface area contributed by atoms with Crippen molar-refractivity contribution in [2.75, 3.05) is 13.2 Å². The summed E-state index contributed by atoms with van der Waals surface area (Å²) in [5, 5.41) is 14.1. The summed E-state index contributed by atoms with van der Waals surface area (Å²) < 4.78 is 0. The molecular formula is C24H28NOP. The van der Waals surface area contributed by atoms with Crippen LogP contribution in [0.15, 0.2) is 84.2 Å². The van der Waals surface area contributed by atoms with Crippen molar-refractivity contribution < 1.29 is 5.11 Å². The summed E-state index contributed by atoms with van der Waals surface area (Å²) in [5.41, 5.74) is 0. The third-order valence-electron chi connectivity index (χ3n) is 5.89. The molecule has 1 aliphatic heterocycles. The number of likely N-dealkylation sites (tertiary alicyclic amines) is 1. The molecule has 0 radical (unpaired) electrons. The average molecular weight is 377 g/mol. The van der Waals surface area contributed by atoms with Gasteiger partial charge in [-0.25, -0.2) is 0 Å². The molecule has 27 heavy (non-hydrogen) atoms. The number of benzene rings is 2. The van der Waals surface area contributed by atoms with Crippen molar-refractivity contribution in [1.29, 1.82) is 0 Å². The predicted molar refractivity (Wildman–Crippen MR) is 116 cm³/mol. The number of aliphatic hydroxyl groups is 1. The first-order valence-electron chi connectivity index (χ1n) is 9.95. The summed E-state index contributed by atoms with van der Waals surface area (Å²) in [4.78, 5) is 2.53. The molecule has 0 saturated carbocycles. The minimum atomic E-state index is -0.547. The van der Waals surface area contributed by atoms with Gasteiger partial charge in [-0.15, -0.1) is 0 Å². The van der Waals surface area contributed by atoms with E-state index >= 15 is 0 Å². The summed E-state index contributed by atoms with van der Waals surface area (Å²) in [7, 11) is -0.547. The normalized spacial score (nSPS) is 23.7. The van der Waals surface area contributed by atoms with Crippen molar-refractivity contribution in [3.8, 4) is 0 Å². The van der Waals surface area contributed by atoms with Crippen LogP contribution in [0.1, 0.15) is 19.8 Å². The summed E-state index contributed by atoms with van der Waals surface area (Å²) in [5.74, 6) is 0.406. The van der Waals surface area contributed by atoms with Gasteiger partial charge in [-0.3, -0.25) is 4.90 Å². The van der Waals surface area contributed by atoms with Gasteiger partial charge in [0, 0.05) is 18.0 Å². The van der Waals surface area contributed by atoms with E-state index in [0.29, 0.717) is 18.0 Å². The maximum atomic E-state index is 9.79. The van der Waals surface area contributed by atoms with Gasteiger partial charge in [-0.2, -0.15) is 0 Å². The standard InChI is InChI=1S/C24H28NOP/c1-19(25-17-9-10-20(25)18-26)23-15-8-16-24(23)27(21-11-4-2-5-12-21)22-13-6-3-7-14-22/h2-8,11-16,19-20,23,26H,9-10,17-18H2,1H3/t19-,20+,23?/m1/s1. The zero-order valence-electron chi connectivity index (χ0n) is 15.9. The second-order valence-electron chi connectivity index (χ2n) is 7.47. The van der Waals surface area contributed by atoms with Crippen LogP contribution in [-0.2, 0) is 0 Å². The van der Waals surface area contributed by atoms with Crippen LogP contribution in [0.4, 0.5) is 0 Å². The highest BCUT2D eigenvalue weighted by molar-refractivity contribution is 7.76. The molecule has 2 aromatic rings. The van der Waals surface area contributed by atoms with Crippen LogP contribution in [0.25, 0.3) is 0 Å². The molecule has 3 atom stereocenters. The maximum Gasteiger partial charge on any atom is 0.0586 e. The van der Waals surface area contributed by atoms with Crippen molar-refractivity contribution in [3.63, 3.8) is 0 Å². The number of hydrogen-bond acceptors (Lipinski definition) is 2. The highest BCUT2D eigenvalue weighted by Gasteiger charge is 2.36. The highest BCUT2D eigenvalue weighted by Crippen LogP contribution is 2.50. The van der Waals surface area contributed by atoms with Crippen LogP contribution in [0.3, 0.4) is 0 Å². The van der Waals surface area contributed by atoms with Crippen molar-refractivity contribution in [2.45, 2.75) is 31.8 Å². The molecule has 0 aromatic heterocycles. The molecule has 0 spiro atoms. The van der Waals surface area contributed by atoms with Crippen molar-refractivity contribution in [1.82, 2.24) is 4.90 Å². The quantitative estimate of drug-likeness (QED) is 0.768. The molecule has 4 rings (SSSR count). The Morgan fingerprint density at radius 3 is 2.26 bits per heavy atom. The second-order valence-corrected chi connectivity index (χ2v) is 9.69. The van der Waals surface area contributed by atoms with E-state index in [9.17, 15) is 5.11 Å². The minimum absolute atomic E-state index is 0.270. The van der Waals surface area contributed by atoms with E-state index in [1.54, 1.807) is 0 Å². The second kappa shape index (κ2) is 8.52. The van der Waals surface area contributed by atoms with E-state index < -0.39 is 7.92 Å².